The average Bonchev–Trinajstić information content (AvgIpc) is 2.71. The zero-order valence-corrected chi connectivity index (χ0v) is 18.1. The van der Waals surface area contributed by atoms with Gasteiger partial charge < -0.3 is 10.1 Å². The number of methoxy groups -OCH3 is 1. The Balaban J connectivity index is 2.31. The minimum absolute atomic E-state index is 0.174. The number of nitrogens with zero attached hydrogens (tertiary/aromatic N) is 2. The first-order chi connectivity index (χ1) is 13.9. The van der Waals surface area contributed by atoms with Crippen LogP contribution >= 0.6 is 15.9 Å². The molecule has 0 saturated carbocycles. The number of aryl methyl sites for hydroxylation is 1. The largest absolute Gasteiger partial charge is 0.497 e. The molecule has 1 heterocycles. The van der Waals surface area contributed by atoms with Gasteiger partial charge >= 0.3 is 0 Å². The molecule has 0 radical (unpaired) electrons. The molecule has 0 atom stereocenters. The van der Waals surface area contributed by atoms with Gasteiger partial charge in [-0.1, -0.05) is 35.0 Å². The molecule has 1 aromatic heterocycles. The van der Waals surface area contributed by atoms with Crippen molar-refractivity contribution in [2.75, 3.05) is 12.4 Å². The molecule has 29 heavy (non-hydrogen) atoms. The van der Waals surface area contributed by atoms with Crippen LogP contribution in [0.15, 0.2) is 57.8 Å². The van der Waals surface area contributed by atoms with E-state index in [9.17, 15) is 9.59 Å². The lowest BCUT2D eigenvalue weighted by molar-refractivity contribution is -0.116. The Labute approximate surface area is 177 Å². The van der Waals surface area contributed by atoms with Gasteiger partial charge in [0.1, 0.15) is 17.3 Å². The lowest BCUT2D eigenvalue weighted by Gasteiger charge is -2.18. The maximum absolute atomic E-state index is 13.1. The van der Waals surface area contributed by atoms with Crippen LogP contribution in [0.5, 0.6) is 5.75 Å². The number of nitrogens with one attached hydrogen (secondary N) is 1. The SMILES string of the molecule is CCCC(=O)Nc1c(-c2cccc(OC)c2)c(=O)c(C)nn1-c1ccc(Br)cc1. The van der Waals surface area contributed by atoms with Gasteiger partial charge in [0.25, 0.3) is 0 Å². The molecule has 2 aromatic carbocycles. The highest BCUT2D eigenvalue weighted by atomic mass is 79.9. The van der Waals surface area contributed by atoms with E-state index in [1.165, 1.54) is 0 Å². The lowest BCUT2D eigenvalue weighted by Crippen LogP contribution is -2.24. The monoisotopic (exact) mass is 455 g/mol. The minimum Gasteiger partial charge on any atom is -0.497 e. The molecule has 0 bridgehead atoms. The van der Waals surface area contributed by atoms with Crippen molar-refractivity contribution in [1.82, 2.24) is 9.78 Å². The molecule has 0 unspecified atom stereocenters. The van der Waals surface area contributed by atoms with Crippen LogP contribution in [0.25, 0.3) is 16.8 Å². The van der Waals surface area contributed by atoms with Crippen molar-refractivity contribution in [2.45, 2.75) is 26.7 Å². The molecule has 0 spiro atoms. The van der Waals surface area contributed by atoms with E-state index in [4.69, 9.17) is 4.74 Å². The van der Waals surface area contributed by atoms with E-state index in [0.29, 0.717) is 41.2 Å². The number of hydrogen-bond acceptors (Lipinski definition) is 4. The van der Waals surface area contributed by atoms with E-state index in [0.717, 1.165) is 10.2 Å². The fourth-order valence-electron chi connectivity index (χ4n) is 2.99. The third-order valence-corrected chi connectivity index (χ3v) is 4.95. The first-order valence-electron chi connectivity index (χ1n) is 9.28. The summed E-state index contributed by atoms with van der Waals surface area (Å²) < 4.78 is 7.84. The number of aromatic nitrogens is 2. The summed E-state index contributed by atoms with van der Waals surface area (Å²) in [6, 6.07) is 14.7. The van der Waals surface area contributed by atoms with Crippen LogP contribution in [0.2, 0.25) is 0 Å². The Kier molecular flexibility index (Phi) is 6.49. The molecular weight excluding hydrogens is 434 g/mol. The van der Waals surface area contributed by atoms with Crippen molar-refractivity contribution < 1.29 is 9.53 Å². The number of ether oxygens (including phenoxy) is 1. The maximum Gasteiger partial charge on any atom is 0.225 e. The number of carbonyl (C=O) groups excluding carboxylic acids is 1. The smallest absolute Gasteiger partial charge is 0.225 e. The molecule has 0 aliphatic heterocycles. The zero-order valence-electron chi connectivity index (χ0n) is 16.5. The third kappa shape index (κ3) is 4.56. The minimum atomic E-state index is -0.238. The number of anilines is 1. The summed E-state index contributed by atoms with van der Waals surface area (Å²) in [4.78, 5) is 25.6. The number of carbonyl (C=O) groups is 1. The number of rotatable bonds is 6. The van der Waals surface area contributed by atoms with Crippen LogP contribution < -0.4 is 15.5 Å². The number of halogens is 1. The Morgan fingerprint density at radius 1 is 1.21 bits per heavy atom. The van der Waals surface area contributed by atoms with Crippen LogP contribution in [0.3, 0.4) is 0 Å². The Bertz CT molecular complexity index is 1090. The summed E-state index contributed by atoms with van der Waals surface area (Å²) in [7, 11) is 1.57. The lowest BCUT2D eigenvalue weighted by atomic mass is 10.0. The second kappa shape index (κ2) is 9.05. The van der Waals surface area contributed by atoms with Gasteiger partial charge in [-0.25, -0.2) is 4.68 Å². The molecule has 7 heteroatoms. The third-order valence-electron chi connectivity index (χ3n) is 4.42. The highest BCUT2D eigenvalue weighted by molar-refractivity contribution is 9.10. The van der Waals surface area contributed by atoms with Gasteiger partial charge in [0.2, 0.25) is 11.3 Å². The summed E-state index contributed by atoms with van der Waals surface area (Å²) in [6.07, 6.45) is 1.04. The fourth-order valence-corrected chi connectivity index (χ4v) is 3.26. The molecule has 150 valence electrons. The van der Waals surface area contributed by atoms with Crippen LogP contribution in [0.4, 0.5) is 5.82 Å². The number of benzene rings is 2. The van der Waals surface area contributed by atoms with Gasteiger partial charge in [-0.3, -0.25) is 9.59 Å². The van der Waals surface area contributed by atoms with Crippen molar-refractivity contribution in [3.63, 3.8) is 0 Å². The van der Waals surface area contributed by atoms with Crippen LogP contribution in [0, 0.1) is 6.92 Å². The molecule has 0 saturated heterocycles. The second-order valence-electron chi connectivity index (χ2n) is 6.56. The number of hydrogen-bond donors (Lipinski definition) is 1. The quantitative estimate of drug-likeness (QED) is 0.583. The van der Waals surface area contributed by atoms with Gasteiger partial charge in [-0.15, -0.1) is 0 Å². The number of amides is 1. The summed E-state index contributed by atoms with van der Waals surface area (Å²) in [6.45, 7) is 3.59. The topological polar surface area (TPSA) is 73.2 Å². The molecule has 1 N–H and O–H groups in total. The molecule has 1 amide bonds. The summed E-state index contributed by atoms with van der Waals surface area (Å²) >= 11 is 3.43. The molecule has 3 aromatic rings. The maximum atomic E-state index is 13.1. The van der Waals surface area contributed by atoms with Gasteiger partial charge in [-0.05, 0) is 55.3 Å². The van der Waals surface area contributed by atoms with Crippen molar-refractivity contribution in [3.05, 3.63) is 68.9 Å². The molecular formula is C22H22BrN3O3. The molecule has 6 nitrogen and oxygen atoms in total. The van der Waals surface area contributed by atoms with Crippen LogP contribution in [-0.4, -0.2) is 22.8 Å². The predicted octanol–water partition coefficient (Wildman–Crippen LogP) is 4.72. The van der Waals surface area contributed by atoms with Crippen molar-refractivity contribution in [3.8, 4) is 22.6 Å². The molecule has 3 rings (SSSR count). The molecule has 0 aliphatic rings. The highest BCUT2D eigenvalue weighted by Crippen LogP contribution is 2.30. The van der Waals surface area contributed by atoms with Crippen molar-refractivity contribution >= 4 is 27.7 Å². The van der Waals surface area contributed by atoms with Gasteiger partial charge in [0, 0.05) is 10.9 Å². The van der Waals surface area contributed by atoms with Crippen molar-refractivity contribution in [1.29, 1.82) is 0 Å². The zero-order chi connectivity index (χ0) is 21.0. The summed E-state index contributed by atoms with van der Waals surface area (Å²) in [5.74, 6) is 0.791. The fraction of sp³-hybridized carbons (Fsp3) is 0.227. The van der Waals surface area contributed by atoms with Gasteiger partial charge in [0.05, 0.1) is 18.4 Å². The van der Waals surface area contributed by atoms with Crippen LogP contribution in [-0.2, 0) is 4.79 Å². The predicted molar refractivity (Wildman–Crippen MR) is 118 cm³/mol. The normalized spacial score (nSPS) is 10.6. The van der Waals surface area contributed by atoms with E-state index >= 15 is 0 Å². The first kappa shape index (κ1) is 20.8. The van der Waals surface area contributed by atoms with E-state index < -0.39 is 0 Å². The van der Waals surface area contributed by atoms with Gasteiger partial charge in [0.15, 0.2) is 0 Å². The van der Waals surface area contributed by atoms with E-state index in [1.807, 2.05) is 43.3 Å². The molecule has 0 fully saturated rings. The van der Waals surface area contributed by atoms with E-state index in [-0.39, 0.29) is 11.3 Å². The average molecular weight is 456 g/mol. The first-order valence-corrected chi connectivity index (χ1v) is 10.1. The standard InChI is InChI=1S/C22H22BrN3O3/c1-4-6-19(27)24-22-20(15-7-5-8-18(13-15)29-3)21(28)14(2)25-26(22)17-11-9-16(23)10-12-17/h5,7-13H,4,6H2,1-3H3,(H,24,27). The van der Waals surface area contributed by atoms with E-state index in [2.05, 4.69) is 26.3 Å². The molecule has 0 aliphatic carbocycles. The Hall–Kier alpha value is -2.93. The van der Waals surface area contributed by atoms with Crippen molar-refractivity contribution in [2.24, 2.45) is 0 Å². The highest BCUT2D eigenvalue weighted by Gasteiger charge is 2.20. The Morgan fingerprint density at radius 3 is 2.59 bits per heavy atom. The summed E-state index contributed by atoms with van der Waals surface area (Å²) in [5, 5.41) is 7.36. The second-order valence-corrected chi connectivity index (χ2v) is 7.47. The van der Waals surface area contributed by atoms with E-state index in [1.54, 1.807) is 30.8 Å². The van der Waals surface area contributed by atoms with Gasteiger partial charge in [-0.2, -0.15) is 5.10 Å². The summed E-state index contributed by atoms with van der Waals surface area (Å²) in [5.41, 5.74) is 1.85. The van der Waals surface area contributed by atoms with Crippen LogP contribution in [0.1, 0.15) is 25.5 Å². The Morgan fingerprint density at radius 2 is 1.93 bits per heavy atom.